The van der Waals surface area contributed by atoms with Crippen LogP contribution in [-0.4, -0.2) is 59.1 Å². The third-order valence-electron chi connectivity index (χ3n) is 4.71. The molecule has 2 fully saturated rings. The number of pyridine rings is 1. The summed E-state index contributed by atoms with van der Waals surface area (Å²) in [7, 11) is 1.76. The number of amides is 2. The zero-order chi connectivity index (χ0) is 16.3. The second-order valence-electron chi connectivity index (χ2n) is 6.46. The Labute approximate surface area is 136 Å². The number of aryl methyl sites for hydroxylation is 1. The van der Waals surface area contributed by atoms with Gasteiger partial charge >= 0.3 is 6.09 Å². The van der Waals surface area contributed by atoms with Crippen LogP contribution in [0.25, 0.3) is 0 Å². The molecule has 3 heterocycles. The highest BCUT2D eigenvalue weighted by molar-refractivity contribution is 5.76. The monoisotopic (exact) mass is 317 g/mol. The van der Waals surface area contributed by atoms with Gasteiger partial charge in [-0.2, -0.15) is 0 Å². The lowest BCUT2D eigenvalue weighted by Gasteiger charge is -2.25. The number of carbonyl (C=O) groups is 2. The quantitative estimate of drug-likeness (QED) is 0.853. The third kappa shape index (κ3) is 3.63. The lowest BCUT2D eigenvalue weighted by Crippen LogP contribution is -2.36. The van der Waals surface area contributed by atoms with Crippen molar-refractivity contribution in [3.8, 4) is 0 Å². The van der Waals surface area contributed by atoms with E-state index in [1.165, 1.54) is 0 Å². The molecule has 0 bridgehead atoms. The summed E-state index contributed by atoms with van der Waals surface area (Å²) in [4.78, 5) is 31.9. The number of hydrogen-bond acceptors (Lipinski definition) is 4. The molecule has 3 rings (SSSR count). The van der Waals surface area contributed by atoms with Gasteiger partial charge in [-0.15, -0.1) is 0 Å². The maximum absolute atomic E-state index is 12.4. The first-order chi connectivity index (χ1) is 11.1. The molecule has 1 spiro atoms. The molecule has 1 atom stereocenters. The highest BCUT2D eigenvalue weighted by Gasteiger charge is 2.44. The van der Waals surface area contributed by atoms with Gasteiger partial charge in [-0.25, -0.2) is 4.79 Å². The molecule has 1 aromatic heterocycles. The zero-order valence-electron chi connectivity index (χ0n) is 13.5. The number of aromatic nitrogens is 1. The van der Waals surface area contributed by atoms with Crippen LogP contribution < -0.4 is 0 Å². The van der Waals surface area contributed by atoms with Gasteiger partial charge in [0.15, 0.2) is 0 Å². The minimum absolute atomic E-state index is 0.158. The van der Waals surface area contributed by atoms with Gasteiger partial charge in [0, 0.05) is 44.9 Å². The van der Waals surface area contributed by atoms with Crippen LogP contribution in [0, 0.1) is 0 Å². The van der Waals surface area contributed by atoms with Crippen molar-refractivity contribution in [2.75, 3.05) is 26.7 Å². The fraction of sp³-hybridized carbons (Fsp3) is 0.588. The molecule has 2 aliphatic rings. The van der Waals surface area contributed by atoms with E-state index in [4.69, 9.17) is 4.74 Å². The standard InChI is InChI=1S/C17H23N3O3/c1-19-13-17(23-16(19)22)8-4-11-20(12-9-17)15(21)7-6-14-5-2-3-10-18-14/h2-3,5,10H,4,6-9,11-13H2,1H3/t17-/m0/s1. The van der Waals surface area contributed by atoms with Crippen LogP contribution in [0.1, 0.15) is 31.4 Å². The van der Waals surface area contributed by atoms with Gasteiger partial charge in [0.25, 0.3) is 0 Å². The highest BCUT2D eigenvalue weighted by atomic mass is 16.6. The summed E-state index contributed by atoms with van der Waals surface area (Å²) in [6.07, 6.45) is 5.06. The lowest BCUT2D eigenvalue weighted by atomic mass is 9.95. The van der Waals surface area contributed by atoms with Crippen molar-refractivity contribution in [3.05, 3.63) is 30.1 Å². The van der Waals surface area contributed by atoms with Gasteiger partial charge < -0.3 is 14.5 Å². The molecule has 2 amide bonds. The predicted molar refractivity (Wildman–Crippen MR) is 84.8 cm³/mol. The Bertz CT molecular complexity index is 578. The Hall–Kier alpha value is -2.11. The molecule has 0 radical (unpaired) electrons. The molecule has 1 aromatic rings. The first-order valence-corrected chi connectivity index (χ1v) is 8.20. The zero-order valence-corrected chi connectivity index (χ0v) is 13.5. The number of hydrogen-bond donors (Lipinski definition) is 0. The number of rotatable bonds is 3. The topological polar surface area (TPSA) is 62.7 Å². The van der Waals surface area contributed by atoms with E-state index in [1.54, 1.807) is 18.1 Å². The molecule has 0 N–H and O–H groups in total. The molecule has 2 saturated heterocycles. The van der Waals surface area contributed by atoms with Gasteiger partial charge in [0.1, 0.15) is 5.60 Å². The average molecular weight is 317 g/mol. The molecule has 0 aromatic carbocycles. The summed E-state index contributed by atoms with van der Waals surface area (Å²) in [5.74, 6) is 0.158. The maximum Gasteiger partial charge on any atom is 0.410 e. The van der Waals surface area contributed by atoms with Gasteiger partial charge in [0.05, 0.1) is 6.54 Å². The van der Waals surface area contributed by atoms with Crippen molar-refractivity contribution < 1.29 is 14.3 Å². The van der Waals surface area contributed by atoms with E-state index in [1.807, 2.05) is 23.1 Å². The molecular weight excluding hydrogens is 294 g/mol. The van der Waals surface area contributed by atoms with Crippen molar-refractivity contribution in [2.45, 2.75) is 37.7 Å². The lowest BCUT2D eigenvalue weighted by molar-refractivity contribution is -0.131. The Balaban J connectivity index is 1.53. The van der Waals surface area contributed by atoms with E-state index in [9.17, 15) is 9.59 Å². The first kappa shape index (κ1) is 15.8. The molecule has 2 aliphatic heterocycles. The minimum Gasteiger partial charge on any atom is -0.441 e. The van der Waals surface area contributed by atoms with Crippen LogP contribution in [-0.2, 0) is 16.0 Å². The number of likely N-dealkylation sites (tertiary alicyclic amines) is 1. The van der Waals surface area contributed by atoms with E-state index in [0.717, 1.165) is 31.5 Å². The van der Waals surface area contributed by atoms with Crippen molar-refractivity contribution in [3.63, 3.8) is 0 Å². The van der Waals surface area contributed by atoms with E-state index >= 15 is 0 Å². The number of carbonyl (C=O) groups excluding carboxylic acids is 2. The first-order valence-electron chi connectivity index (χ1n) is 8.20. The molecule has 23 heavy (non-hydrogen) atoms. The molecule has 124 valence electrons. The number of nitrogens with zero attached hydrogens (tertiary/aromatic N) is 3. The molecule has 0 unspecified atom stereocenters. The van der Waals surface area contributed by atoms with E-state index in [0.29, 0.717) is 25.9 Å². The molecular formula is C17H23N3O3. The van der Waals surface area contributed by atoms with Crippen LogP contribution in [0.15, 0.2) is 24.4 Å². The molecule has 6 nitrogen and oxygen atoms in total. The van der Waals surface area contributed by atoms with Crippen LogP contribution >= 0.6 is 0 Å². The van der Waals surface area contributed by atoms with E-state index < -0.39 is 5.60 Å². The Morgan fingerprint density at radius 2 is 2.22 bits per heavy atom. The van der Waals surface area contributed by atoms with Gasteiger partial charge in [-0.3, -0.25) is 9.78 Å². The van der Waals surface area contributed by atoms with Gasteiger partial charge in [-0.05, 0) is 31.4 Å². The fourth-order valence-electron chi connectivity index (χ4n) is 3.41. The Morgan fingerprint density at radius 1 is 1.35 bits per heavy atom. The summed E-state index contributed by atoms with van der Waals surface area (Å²) in [5.41, 5.74) is 0.542. The summed E-state index contributed by atoms with van der Waals surface area (Å²) in [6.45, 7) is 2.02. The SMILES string of the molecule is CN1C[C@@]2(CCCN(C(=O)CCc3ccccn3)CC2)OC1=O. The number of likely N-dealkylation sites (N-methyl/N-ethyl adjacent to an activating group) is 1. The smallest absolute Gasteiger partial charge is 0.410 e. The van der Waals surface area contributed by atoms with Crippen LogP contribution in [0.2, 0.25) is 0 Å². The average Bonchev–Trinajstić information content (AvgIpc) is 2.72. The number of ether oxygens (including phenoxy) is 1. The van der Waals surface area contributed by atoms with E-state index in [2.05, 4.69) is 4.98 Å². The third-order valence-corrected chi connectivity index (χ3v) is 4.71. The summed E-state index contributed by atoms with van der Waals surface area (Å²) >= 11 is 0. The highest BCUT2D eigenvalue weighted by Crippen LogP contribution is 2.32. The molecule has 0 aliphatic carbocycles. The molecule has 6 heteroatoms. The van der Waals surface area contributed by atoms with Gasteiger partial charge in [-0.1, -0.05) is 6.07 Å². The van der Waals surface area contributed by atoms with Crippen LogP contribution in [0.3, 0.4) is 0 Å². The fourth-order valence-corrected chi connectivity index (χ4v) is 3.41. The van der Waals surface area contributed by atoms with Gasteiger partial charge in [0.2, 0.25) is 5.91 Å². The van der Waals surface area contributed by atoms with Crippen LogP contribution in [0.4, 0.5) is 4.79 Å². The Morgan fingerprint density at radius 3 is 2.91 bits per heavy atom. The predicted octanol–water partition coefficient (Wildman–Crippen LogP) is 1.85. The summed E-state index contributed by atoms with van der Waals surface area (Å²) < 4.78 is 5.58. The summed E-state index contributed by atoms with van der Waals surface area (Å²) in [5, 5.41) is 0. The Kier molecular flexibility index (Phi) is 4.50. The van der Waals surface area contributed by atoms with Crippen molar-refractivity contribution >= 4 is 12.0 Å². The van der Waals surface area contributed by atoms with Crippen molar-refractivity contribution in [1.29, 1.82) is 0 Å². The van der Waals surface area contributed by atoms with Crippen molar-refractivity contribution in [2.24, 2.45) is 0 Å². The normalized spacial score (nSPS) is 24.7. The second kappa shape index (κ2) is 6.56. The largest absolute Gasteiger partial charge is 0.441 e. The van der Waals surface area contributed by atoms with Crippen molar-refractivity contribution in [1.82, 2.24) is 14.8 Å². The maximum atomic E-state index is 12.4. The second-order valence-corrected chi connectivity index (χ2v) is 6.46. The molecule has 0 saturated carbocycles. The van der Waals surface area contributed by atoms with E-state index in [-0.39, 0.29) is 12.0 Å². The summed E-state index contributed by atoms with van der Waals surface area (Å²) in [6, 6.07) is 5.76. The minimum atomic E-state index is -0.401. The van der Waals surface area contributed by atoms with Crippen LogP contribution in [0.5, 0.6) is 0 Å².